The van der Waals surface area contributed by atoms with E-state index in [1.807, 2.05) is 0 Å². The van der Waals surface area contributed by atoms with Crippen molar-refractivity contribution in [3.8, 4) is 11.3 Å². The second kappa shape index (κ2) is 7.36. The van der Waals surface area contributed by atoms with Crippen LogP contribution in [-0.4, -0.2) is 16.1 Å². The van der Waals surface area contributed by atoms with Gasteiger partial charge in [-0.25, -0.2) is 8.78 Å². The highest BCUT2D eigenvalue weighted by Crippen LogP contribution is 2.21. The summed E-state index contributed by atoms with van der Waals surface area (Å²) in [6.45, 7) is 0. The first-order valence-corrected chi connectivity index (χ1v) is 7.74. The van der Waals surface area contributed by atoms with Crippen molar-refractivity contribution in [3.63, 3.8) is 0 Å². The normalized spacial score (nSPS) is 10.5. The lowest BCUT2D eigenvalue weighted by molar-refractivity contribution is -0.115. The van der Waals surface area contributed by atoms with Gasteiger partial charge >= 0.3 is 0 Å². The molecule has 0 bridgehead atoms. The van der Waals surface area contributed by atoms with E-state index < -0.39 is 17.5 Å². The highest BCUT2D eigenvalue weighted by atomic mass is 35.5. The van der Waals surface area contributed by atoms with E-state index in [9.17, 15) is 13.6 Å². The summed E-state index contributed by atoms with van der Waals surface area (Å²) in [7, 11) is 0. The van der Waals surface area contributed by atoms with Crippen LogP contribution >= 0.6 is 11.6 Å². The molecule has 1 N–H and O–H groups in total. The quantitative estimate of drug-likeness (QED) is 0.757. The lowest BCUT2D eigenvalue weighted by Gasteiger charge is -2.07. The van der Waals surface area contributed by atoms with E-state index in [0.717, 1.165) is 0 Å². The Bertz CT molecular complexity index is 916. The van der Waals surface area contributed by atoms with Gasteiger partial charge in [0.05, 0.1) is 17.1 Å². The SMILES string of the molecule is O=C(Cc1cccc(Cl)c1F)Nc1ccc(-c2ccccc2F)nn1. The van der Waals surface area contributed by atoms with Gasteiger partial charge in [-0.3, -0.25) is 4.79 Å². The average molecular weight is 360 g/mol. The number of hydrogen-bond donors (Lipinski definition) is 1. The van der Waals surface area contributed by atoms with Gasteiger partial charge in [0.15, 0.2) is 5.82 Å². The number of rotatable bonds is 4. The molecule has 3 rings (SSSR count). The van der Waals surface area contributed by atoms with Crippen LogP contribution in [0.5, 0.6) is 0 Å². The minimum Gasteiger partial charge on any atom is -0.309 e. The Labute approximate surface area is 147 Å². The first kappa shape index (κ1) is 17.0. The fraction of sp³-hybridized carbons (Fsp3) is 0.0556. The molecule has 0 fully saturated rings. The molecule has 0 aliphatic carbocycles. The number of carbonyl (C=O) groups excluding carboxylic acids is 1. The Morgan fingerprint density at radius 2 is 1.80 bits per heavy atom. The Morgan fingerprint density at radius 1 is 1.00 bits per heavy atom. The molecule has 0 radical (unpaired) electrons. The maximum absolute atomic E-state index is 13.8. The molecular formula is C18H12ClF2N3O. The first-order valence-electron chi connectivity index (χ1n) is 7.36. The molecule has 0 spiro atoms. The average Bonchev–Trinajstić information content (AvgIpc) is 2.60. The van der Waals surface area contributed by atoms with E-state index in [1.165, 1.54) is 24.3 Å². The van der Waals surface area contributed by atoms with Gasteiger partial charge < -0.3 is 5.32 Å². The van der Waals surface area contributed by atoms with Crippen molar-refractivity contribution in [2.45, 2.75) is 6.42 Å². The minimum atomic E-state index is -0.625. The number of hydrogen-bond acceptors (Lipinski definition) is 3. The van der Waals surface area contributed by atoms with Crippen LogP contribution in [0.1, 0.15) is 5.56 Å². The number of nitrogens with one attached hydrogen (secondary N) is 1. The third-order valence-electron chi connectivity index (χ3n) is 3.46. The molecule has 0 unspecified atom stereocenters. The van der Waals surface area contributed by atoms with Crippen LogP contribution in [0.25, 0.3) is 11.3 Å². The summed E-state index contributed by atoms with van der Waals surface area (Å²) in [4.78, 5) is 12.0. The van der Waals surface area contributed by atoms with Gasteiger partial charge in [0.25, 0.3) is 0 Å². The largest absolute Gasteiger partial charge is 0.309 e. The van der Waals surface area contributed by atoms with Crippen molar-refractivity contribution in [2.75, 3.05) is 5.32 Å². The lowest BCUT2D eigenvalue weighted by Crippen LogP contribution is -2.16. The minimum absolute atomic E-state index is 0.0423. The Morgan fingerprint density at radius 3 is 2.52 bits per heavy atom. The van der Waals surface area contributed by atoms with Gasteiger partial charge in [0, 0.05) is 5.56 Å². The third-order valence-corrected chi connectivity index (χ3v) is 3.76. The van der Waals surface area contributed by atoms with Crippen molar-refractivity contribution in [2.24, 2.45) is 0 Å². The van der Waals surface area contributed by atoms with Gasteiger partial charge in [0.1, 0.15) is 11.6 Å². The summed E-state index contributed by atoms with van der Waals surface area (Å²) in [6.07, 6.45) is -0.191. The molecule has 2 aromatic carbocycles. The number of halogens is 3. The topological polar surface area (TPSA) is 54.9 Å². The second-order valence-electron chi connectivity index (χ2n) is 5.22. The van der Waals surface area contributed by atoms with Crippen molar-refractivity contribution in [1.29, 1.82) is 0 Å². The predicted octanol–water partition coefficient (Wildman–Crippen LogP) is 4.26. The molecule has 0 atom stereocenters. The smallest absolute Gasteiger partial charge is 0.230 e. The van der Waals surface area contributed by atoms with Crippen LogP contribution in [0.4, 0.5) is 14.6 Å². The van der Waals surface area contributed by atoms with Crippen molar-refractivity contribution in [3.05, 3.63) is 76.8 Å². The van der Waals surface area contributed by atoms with Crippen LogP contribution in [-0.2, 0) is 11.2 Å². The van der Waals surface area contributed by atoms with Crippen molar-refractivity contribution >= 4 is 23.3 Å². The van der Waals surface area contributed by atoms with Crippen molar-refractivity contribution in [1.82, 2.24) is 10.2 Å². The van der Waals surface area contributed by atoms with E-state index >= 15 is 0 Å². The van der Waals surface area contributed by atoms with Gasteiger partial charge in [-0.05, 0) is 35.9 Å². The summed E-state index contributed by atoms with van der Waals surface area (Å²) >= 11 is 5.69. The standard InChI is InChI=1S/C18H12ClF2N3O/c19-13-6-3-4-11(18(13)21)10-17(25)22-16-9-8-15(23-24-16)12-5-1-2-7-14(12)20/h1-9H,10H2,(H,22,24,25). The first-order chi connectivity index (χ1) is 12.0. The summed E-state index contributed by atoms with van der Waals surface area (Å²) in [5, 5.41) is 10.2. The zero-order chi connectivity index (χ0) is 17.8. The molecule has 4 nitrogen and oxygen atoms in total. The van der Waals surface area contributed by atoms with E-state index in [4.69, 9.17) is 11.6 Å². The zero-order valence-electron chi connectivity index (χ0n) is 12.8. The number of carbonyl (C=O) groups is 1. The van der Waals surface area contributed by atoms with Gasteiger partial charge in [0.2, 0.25) is 5.91 Å². The molecule has 7 heteroatoms. The third kappa shape index (κ3) is 3.97. The molecule has 0 saturated heterocycles. The van der Waals surface area contributed by atoms with Crippen LogP contribution < -0.4 is 5.32 Å². The molecule has 126 valence electrons. The molecule has 1 amide bonds. The van der Waals surface area contributed by atoms with Crippen LogP contribution in [0.3, 0.4) is 0 Å². The van der Waals surface area contributed by atoms with Gasteiger partial charge in [-0.2, -0.15) is 0 Å². The Hall–Kier alpha value is -2.86. The molecular weight excluding hydrogens is 348 g/mol. The molecule has 0 aliphatic rings. The summed E-state index contributed by atoms with van der Waals surface area (Å²) in [6, 6.07) is 13.7. The number of anilines is 1. The van der Waals surface area contributed by atoms with Crippen LogP contribution in [0, 0.1) is 11.6 Å². The molecule has 3 aromatic rings. The summed E-state index contributed by atoms with van der Waals surface area (Å²) in [5.41, 5.74) is 0.840. The number of benzene rings is 2. The highest BCUT2D eigenvalue weighted by Gasteiger charge is 2.12. The molecule has 1 heterocycles. The summed E-state index contributed by atoms with van der Waals surface area (Å²) < 4.78 is 27.5. The molecule has 0 saturated carbocycles. The molecule has 1 aromatic heterocycles. The molecule has 25 heavy (non-hydrogen) atoms. The van der Waals surface area contributed by atoms with E-state index in [1.54, 1.807) is 30.3 Å². The van der Waals surface area contributed by atoms with Gasteiger partial charge in [-0.15, -0.1) is 10.2 Å². The number of aromatic nitrogens is 2. The van der Waals surface area contributed by atoms with Gasteiger partial charge in [-0.1, -0.05) is 35.9 Å². The number of amides is 1. The predicted molar refractivity (Wildman–Crippen MR) is 91.2 cm³/mol. The number of nitrogens with zero attached hydrogens (tertiary/aromatic N) is 2. The Kier molecular flexibility index (Phi) is 5.00. The van der Waals surface area contributed by atoms with E-state index in [2.05, 4.69) is 15.5 Å². The maximum Gasteiger partial charge on any atom is 0.230 e. The van der Waals surface area contributed by atoms with E-state index in [-0.39, 0.29) is 22.8 Å². The van der Waals surface area contributed by atoms with Crippen molar-refractivity contribution < 1.29 is 13.6 Å². The zero-order valence-corrected chi connectivity index (χ0v) is 13.6. The fourth-order valence-electron chi connectivity index (χ4n) is 2.26. The van der Waals surface area contributed by atoms with E-state index in [0.29, 0.717) is 11.3 Å². The second-order valence-corrected chi connectivity index (χ2v) is 5.63. The molecule has 0 aliphatic heterocycles. The monoisotopic (exact) mass is 359 g/mol. The van der Waals surface area contributed by atoms with Crippen LogP contribution in [0.15, 0.2) is 54.6 Å². The maximum atomic E-state index is 13.8. The van der Waals surface area contributed by atoms with Crippen LogP contribution in [0.2, 0.25) is 5.02 Å². The highest BCUT2D eigenvalue weighted by molar-refractivity contribution is 6.30. The summed E-state index contributed by atoms with van der Waals surface area (Å²) in [5.74, 6) is -1.31. The lowest BCUT2D eigenvalue weighted by atomic mass is 10.1. The fourth-order valence-corrected chi connectivity index (χ4v) is 2.45. The Balaban J connectivity index is 1.70.